The van der Waals surface area contributed by atoms with E-state index in [0.717, 1.165) is 10.8 Å². The molecule has 0 fully saturated rings. The lowest BCUT2D eigenvalue weighted by Crippen LogP contribution is -1.71. The quantitative estimate of drug-likeness (QED) is 0.534. The molecule has 1 heterocycles. The molecule has 0 bridgehead atoms. The second-order valence-corrected chi connectivity index (χ2v) is 2.06. The molecule has 0 unspecified atom stereocenters. The van der Waals surface area contributed by atoms with E-state index in [9.17, 15) is 0 Å². The van der Waals surface area contributed by atoms with Crippen molar-refractivity contribution in [1.82, 2.24) is 4.98 Å². The van der Waals surface area contributed by atoms with Crippen molar-refractivity contribution in [2.24, 2.45) is 0 Å². The largest absolute Gasteiger partial charge is 0.264 e. The van der Waals surface area contributed by atoms with Crippen molar-refractivity contribution in [3.05, 3.63) is 42.7 Å². The van der Waals surface area contributed by atoms with E-state index in [2.05, 4.69) is 4.98 Å². The molecule has 0 amide bonds. The van der Waals surface area contributed by atoms with Crippen molar-refractivity contribution in [1.29, 1.82) is 0 Å². The van der Waals surface area contributed by atoms with E-state index < -0.39 is 0 Å². The lowest BCUT2D eigenvalue weighted by atomic mass is 10.2. The van der Waals surface area contributed by atoms with Crippen LogP contribution in [0.25, 0.3) is 10.8 Å². The molecular formula is C9H7N. The minimum absolute atomic E-state index is 0.410. The van der Waals surface area contributed by atoms with Crippen LogP contribution >= 0.6 is 0 Å². The van der Waals surface area contributed by atoms with Crippen LogP contribution in [-0.2, 0) is 0 Å². The maximum atomic E-state index is 7.51. The molecule has 48 valence electrons. The number of nitrogens with zero attached hydrogens (tertiary/aromatic N) is 1. The van der Waals surface area contributed by atoms with Crippen LogP contribution in [0, 0.1) is 0 Å². The molecule has 10 heavy (non-hydrogen) atoms. The predicted molar refractivity (Wildman–Crippen MR) is 41.7 cm³/mol. The molecule has 0 saturated heterocycles. The summed E-state index contributed by atoms with van der Waals surface area (Å²) in [4.78, 5) is 3.88. The molecule has 1 nitrogen and oxygen atoms in total. The zero-order valence-electron chi connectivity index (χ0n) is 7.33. The molecule has 0 aliphatic rings. The average Bonchev–Trinajstić information content (AvgIpc) is 2.04. The molecule has 1 aromatic carbocycles. The lowest BCUT2D eigenvalue weighted by Gasteiger charge is -1.91. The molecule has 1 heteroatoms. The van der Waals surface area contributed by atoms with E-state index in [0.29, 0.717) is 12.1 Å². The van der Waals surface area contributed by atoms with Crippen LogP contribution in [0.1, 0.15) is 2.74 Å². The van der Waals surface area contributed by atoms with Crippen LogP contribution in [0.5, 0.6) is 0 Å². The molecule has 0 atom stereocenters. The molecule has 0 aliphatic carbocycles. The predicted octanol–water partition coefficient (Wildman–Crippen LogP) is 2.23. The first-order valence-electron chi connectivity index (χ1n) is 4.08. The van der Waals surface area contributed by atoms with Gasteiger partial charge in [0, 0.05) is 12.4 Å². The second kappa shape index (κ2) is 2.10. The normalized spacial score (nSPS) is 12.8. The lowest BCUT2D eigenvalue weighted by molar-refractivity contribution is 1.36. The third-order valence-electron chi connectivity index (χ3n) is 1.40. The highest BCUT2D eigenvalue weighted by Crippen LogP contribution is 2.09. The Labute approximate surface area is 62.1 Å². The summed E-state index contributed by atoms with van der Waals surface area (Å²) in [5, 5.41) is 1.70. The highest BCUT2D eigenvalue weighted by Gasteiger charge is 1.86. The summed E-state index contributed by atoms with van der Waals surface area (Å²) in [7, 11) is 0. The van der Waals surface area contributed by atoms with Crippen molar-refractivity contribution in [2.45, 2.75) is 0 Å². The number of rotatable bonds is 0. The zero-order chi connectivity index (χ0) is 8.55. The molecular weight excluding hydrogens is 122 g/mol. The van der Waals surface area contributed by atoms with E-state index in [-0.39, 0.29) is 0 Å². The Bertz CT molecular complexity index is 426. The van der Waals surface area contributed by atoms with Crippen LogP contribution in [-0.4, -0.2) is 4.98 Å². The summed E-state index contributed by atoms with van der Waals surface area (Å²) in [6, 6.07) is 6.03. The Hall–Kier alpha value is -1.37. The number of fused-ring (bicyclic) bond motifs is 1. The smallest absolute Gasteiger partial charge is 0.0646 e. The molecule has 2 aromatic rings. The van der Waals surface area contributed by atoms with Crippen molar-refractivity contribution in [3.63, 3.8) is 0 Å². The van der Waals surface area contributed by atoms with Gasteiger partial charge in [-0.05, 0) is 16.8 Å². The fourth-order valence-electron chi connectivity index (χ4n) is 0.906. The summed E-state index contributed by atoms with van der Waals surface area (Å²) in [5.74, 6) is 0. The minimum atomic E-state index is 0.410. The van der Waals surface area contributed by atoms with Gasteiger partial charge in [0.1, 0.15) is 0 Å². The molecule has 0 radical (unpaired) electrons. The topological polar surface area (TPSA) is 12.9 Å². The van der Waals surface area contributed by atoms with Gasteiger partial charge < -0.3 is 0 Å². The number of hydrogen-bond donors (Lipinski definition) is 0. The summed E-state index contributed by atoms with van der Waals surface area (Å²) in [5.41, 5.74) is 0. The highest BCUT2D eigenvalue weighted by molar-refractivity contribution is 5.80. The van der Waals surface area contributed by atoms with Crippen LogP contribution in [0.2, 0.25) is 0 Å². The van der Waals surface area contributed by atoms with Crippen molar-refractivity contribution in [2.75, 3.05) is 0 Å². The summed E-state index contributed by atoms with van der Waals surface area (Å²) >= 11 is 0. The SMILES string of the molecule is [2H]c1ccc2c([2H])cncc2c1. The maximum absolute atomic E-state index is 7.51. The molecule has 0 aliphatic heterocycles. The van der Waals surface area contributed by atoms with Crippen LogP contribution < -0.4 is 0 Å². The van der Waals surface area contributed by atoms with Crippen LogP contribution in [0.4, 0.5) is 0 Å². The summed E-state index contributed by atoms with van der Waals surface area (Å²) in [6.07, 6.45) is 3.18. The summed E-state index contributed by atoms with van der Waals surface area (Å²) in [6.45, 7) is 0. The average molecular weight is 131 g/mol. The van der Waals surface area contributed by atoms with Gasteiger partial charge in [-0.1, -0.05) is 24.2 Å². The van der Waals surface area contributed by atoms with Crippen LogP contribution in [0.3, 0.4) is 0 Å². The first-order valence-corrected chi connectivity index (χ1v) is 3.08. The standard InChI is InChI=1S/C9H7N/c1-2-4-9-7-10-6-5-8(9)3-1/h1-7H/i2D,5D. The van der Waals surface area contributed by atoms with E-state index in [4.69, 9.17) is 2.74 Å². The first-order chi connectivity index (χ1) is 5.77. The van der Waals surface area contributed by atoms with Crippen LogP contribution in [0.15, 0.2) is 42.7 Å². The molecule has 1 aromatic heterocycles. The van der Waals surface area contributed by atoms with E-state index in [1.54, 1.807) is 24.4 Å². The highest BCUT2D eigenvalue weighted by atomic mass is 14.6. The van der Waals surface area contributed by atoms with E-state index in [1.807, 2.05) is 0 Å². The number of pyridine rings is 1. The Morgan fingerprint density at radius 3 is 3.30 bits per heavy atom. The van der Waals surface area contributed by atoms with Gasteiger partial charge in [-0.15, -0.1) is 0 Å². The van der Waals surface area contributed by atoms with Gasteiger partial charge in [0.15, 0.2) is 0 Å². The Balaban J connectivity index is 2.86. The van der Waals surface area contributed by atoms with Gasteiger partial charge in [0.05, 0.1) is 2.74 Å². The fourth-order valence-corrected chi connectivity index (χ4v) is 0.906. The maximum Gasteiger partial charge on any atom is 0.0646 e. The van der Waals surface area contributed by atoms with Crippen molar-refractivity contribution in [3.8, 4) is 0 Å². The van der Waals surface area contributed by atoms with E-state index >= 15 is 0 Å². The van der Waals surface area contributed by atoms with Crippen molar-refractivity contribution >= 4 is 10.8 Å². The number of benzene rings is 1. The third kappa shape index (κ3) is 0.760. The molecule has 2 rings (SSSR count). The second-order valence-electron chi connectivity index (χ2n) is 2.06. The molecule has 0 N–H and O–H groups in total. The Kier molecular flexibility index (Phi) is 0.781. The van der Waals surface area contributed by atoms with Crippen molar-refractivity contribution < 1.29 is 2.74 Å². The fraction of sp³-hybridized carbons (Fsp3) is 0. The molecule has 0 spiro atoms. The third-order valence-corrected chi connectivity index (χ3v) is 1.40. The number of hydrogen-bond acceptors (Lipinski definition) is 1. The van der Waals surface area contributed by atoms with E-state index in [1.165, 1.54) is 6.20 Å². The van der Waals surface area contributed by atoms with Gasteiger partial charge >= 0.3 is 0 Å². The monoisotopic (exact) mass is 131 g/mol. The molecule has 0 saturated carbocycles. The number of aromatic nitrogens is 1. The van der Waals surface area contributed by atoms with Gasteiger partial charge in [0.25, 0.3) is 0 Å². The van der Waals surface area contributed by atoms with Gasteiger partial charge in [0.2, 0.25) is 0 Å². The van der Waals surface area contributed by atoms with Gasteiger partial charge in [-0.25, -0.2) is 0 Å². The Morgan fingerprint density at radius 2 is 2.30 bits per heavy atom. The zero-order valence-corrected chi connectivity index (χ0v) is 5.33. The summed E-state index contributed by atoms with van der Waals surface area (Å²) < 4.78 is 14.9. The minimum Gasteiger partial charge on any atom is -0.264 e. The Morgan fingerprint density at radius 1 is 1.30 bits per heavy atom. The first kappa shape index (κ1) is 3.71. The van der Waals surface area contributed by atoms with Gasteiger partial charge in [-0.2, -0.15) is 0 Å². The van der Waals surface area contributed by atoms with Gasteiger partial charge in [-0.3, -0.25) is 4.98 Å².